The fourth-order valence-electron chi connectivity index (χ4n) is 5.33. The van der Waals surface area contributed by atoms with Crippen molar-refractivity contribution < 1.29 is 14.4 Å². The molecule has 3 heterocycles. The largest absolute Gasteiger partial charge is 0.350 e. The van der Waals surface area contributed by atoms with Crippen LogP contribution < -0.4 is 16.1 Å². The highest BCUT2D eigenvalue weighted by atomic mass is 35.5. The number of carbonyl (C=O) groups excluding carboxylic acids is 3. The molecule has 2 aromatic heterocycles. The zero-order valence-electron chi connectivity index (χ0n) is 22.0. The quantitative estimate of drug-likeness (QED) is 0.432. The topological polar surface area (TPSA) is 128 Å². The summed E-state index contributed by atoms with van der Waals surface area (Å²) < 4.78 is 0. The number of nitrogens with one attached hydrogen (secondary N) is 3. The second kappa shape index (κ2) is 11.1. The first kappa shape index (κ1) is 27.3. The molecule has 1 aromatic carbocycles. The number of aromatic nitrogens is 2. The number of nitrogens with zero attached hydrogens (tertiary/aromatic N) is 3. The van der Waals surface area contributed by atoms with E-state index in [1.165, 1.54) is 17.4 Å². The van der Waals surface area contributed by atoms with Gasteiger partial charge in [-0.2, -0.15) is 0 Å². The van der Waals surface area contributed by atoms with Gasteiger partial charge in [0, 0.05) is 72.4 Å². The molecule has 10 nitrogen and oxygen atoms in total. The molecule has 0 spiro atoms. The molecule has 2 aliphatic rings. The van der Waals surface area contributed by atoms with Crippen molar-refractivity contribution >= 4 is 51.6 Å². The Morgan fingerprint density at radius 2 is 1.90 bits per heavy atom. The Labute approximate surface area is 234 Å². The van der Waals surface area contributed by atoms with Crippen LogP contribution in [0, 0.1) is 5.92 Å². The van der Waals surface area contributed by atoms with Crippen molar-refractivity contribution in [1.29, 1.82) is 0 Å². The Morgan fingerprint density at radius 1 is 1.13 bits per heavy atom. The first-order chi connectivity index (χ1) is 18.6. The van der Waals surface area contributed by atoms with Crippen molar-refractivity contribution in [2.75, 3.05) is 27.7 Å². The number of halogens is 1. The predicted molar refractivity (Wildman–Crippen MR) is 150 cm³/mol. The van der Waals surface area contributed by atoms with Gasteiger partial charge in [0.25, 0.3) is 11.8 Å². The number of thiazole rings is 1. The summed E-state index contributed by atoms with van der Waals surface area (Å²) in [7, 11) is 5.46. The molecule has 0 bridgehead atoms. The number of aromatic amines is 1. The van der Waals surface area contributed by atoms with Gasteiger partial charge in [-0.25, -0.2) is 4.98 Å². The highest BCUT2D eigenvalue weighted by Gasteiger charge is 2.37. The third-order valence-electron chi connectivity index (χ3n) is 7.43. The van der Waals surface area contributed by atoms with Gasteiger partial charge in [0.05, 0.1) is 11.7 Å². The van der Waals surface area contributed by atoms with Gasteiger partial charge in [-0.1, -0.05) is 11.6 Å². The van der Waals surface area contributed by atoms with Crippen LogP contribution in [-0.2, 0) is 17.8 Å². The molecule has 3 N–H and O–H groups in total. The lowest BCUT2D eigenvalue weighted by Crippen LogP contribution is -2.56. The van der Waals surface area contributed by atoms with Crippen LogP contribution in [0.4, 0.5) is 0 Å². The summed E-state index contributed by atoms with van der Waals surface area (Å²) in [4.78, 5) is 64.4. The number of benzene rings is 1. The monoisotopic (exact) mass is 570 g/mol. The summed E-state index contributed by atoms with van der Waals surface area (Å²) >= 11 is 7.40. The average Bonchev–Trinajstić information content (AvgIpc) is 3.33. The molecule has 1 fully saturated rings. The lowest BCUT2D eigenvalue weighted by molar-refractivity contribution is -0.134. The molecule has 3 aromatic rings. The van der Waals surface area contributed by atoms with Gasteiger partial charge >= 0.3 is 0 Å². The van der Waals surface area contributed by atoms with Gasteiger partial charge in [0.15, 0.2) is 10.4 Å². The smallest absolute Gasteiger partial charge is 0.280 e. The molecule has 12 heteroatoms. The van der Waals surface area contributed by atoms with E-state index in [-0.39, 0.29) is 28.9 Å². The molecule has 5 rings (SSSR count). The van der Waals surface area contributed by atoms with E-state index < -0.39 is 18.0 Å². The van der Waals surface area contributed by atoms with Crippen LogP contribution in [0.15, 0.2) is 29.1 Å². The molecule has 3 atom stereocenters. The third-order valence-corrected chi connectivity index (χ3v) is 8.74. The maximum atomic E-state index is 13.3. The van der Waals surface area contributed by atoms with Crippen LogP contribution in [0.5, 0.6) is 0 Å². The summed E-state index contributed by atoms with van der Waals surface area (Å²) in [5.74, 6) is -1.06. The van der Waals surface area contributed by atoms with Gasteiger partial charge in [-0.15, -0.1) is 11.3 Å². The molecule has 3 amide bonds. The predicted octanol–water partition coefficient (Wildman–Crippen LogP) is 2.41. The van der Waals surface area contributed by atoms with Crippen LogP contribution >= 0.6 is 22.9 Å². The van der Waals surface area contributed by atoms with Gasteiger partial charge in [0.2, 0.25) is 5.91 Å². The summed E-state index contributed by atoms with van der Waals surface area (Å²) in [5.41, 5.74) is 1.25. The van der Waals surface area contributed by atoms with E-state index in [1.807, 2.05) is 7.05 Å². The van der Waals surface area contributed by atoms with E-state index in [0.717, 1.165) is 30.1 Å². The Bertz CT molecular complexity index is 1500. The normalized spacial score (nSPS) is 21.3. The Morgan fingerprint density at radius 3 is 2.67 bits per heavy atom. The van der Waals surface area contributed by atoms with E-state index in [9.17, 15) is 19.2 Å². The summed E-state index contributed by atoms with van der Waals surface area (Å²) in [6, 6.07) is 5.18. The second-order valence-electron chi connectivity index (χ2n) is 10.5. The van der Waals surface area contributed by atoms with E-state index in [1.54, 1.807) is 37.2 Å². The maximum absolute atomic E-state index is 13.3. The Kier molecular flexibility index (Phi) is 7.75. The van der Waals surface area contributed by atoms with E-state index >= 15 is 0 Å². The Hall–Kier alpha value is -3.28. The standard InChI is InChI=1S/C27H31ClN6O4S/c1-33(2)27(38)14-4-6-18(30-24(36)21-12-22(35)16-11-15(28)5-7-17(16)29-21)20(10-14)31-25(37)26-32-19-8-9-34(3)13-23(19)39-26/h5,7,11-12,14,18,20H,4,6,8-10,13H2,1-3H3,(H,29,35)(H,30,36)(H,31,37)/t14-,18-,20-/m0/s1. The van der Waals surface area contributed by atoms with Gasteiger partial charge in [-0.05, 0) is 44.5 Å². The number of likely N-dealkylation sites (N-methyl/N-ethyl adjacent to an activating group) is 1. The third kappa shape index (κ3) is 5.85. The van der Waals surface area contributed by atoms with Crippen molar-refractivity contribution in [1.82, 2.24) is 30.4 Å². The number of hydrogen-bond acceptors (Lipinski definition) is 7. The van der Waals surface area contributed by atoms with E-state index in [2.05, 4.69) is 25.5 Å². The van der Waals surface area contributed by atoms with Crippen molar-refractivity contribution in [3.63, 3.8) is 0 Å². The fraction of sp³-hybridized carbons (Fsp3) is 0.444. The van der Waals surface area contributed by atoms with Crippen LogP contribution in [0.3, 0.4) is 0 Å². The maximum Gasteiger partial charge on any atom is 0.280 e. The molecular formula is C27H31ClN6O4S. The minimum Gasteiger partial charge on any atom is -0.350 e. The highest BCUT2D eigenvalue weighted by molar-refractivity contribution is 7.13. The number of H-pyrrole nitrogens is 1. The molecular weight excluding hydrogens is 540 g/mol. The average molecular weight is 571 g/mol. The molecule has 1 aliphatic heterocycles. The van der Waals surface area contributed by atoms with Crippen molar-refractivity contribution in [3.8, 4) is 0 Å². The zero-order valence-corrected chi connectivity index (χ0v) is 23.6. The highest BCUT2D eigenvalue weighted by Crippen LogP contribution is 2.28. The fourth-order valence-corrected chi connectivity index (χ4v) is 6.59. The summed E-state index contributed by atoms with van der Waals surface area (Å²) in [6.07, 6.45) is 2.24. The van der Waals surface area contributed by atoms with Gasteiger partial charge in [-0.3, -0.25) is 19.2 Å². The Balaban J connectivity index is 1.36. The van der Waals surface area contributed by atoms with E-state index in [4.69, 9.17) is 11.6 Å². The van der Waals surface area contributed by atoms with Crippen LogP contribution in [0.2, 0.25) is 5.02 Å². The minimum atomic E-state index is -0.487. The SMILES string of the molecule is CN1CCc2nc(C(=O)N[C@H]3C[C@@H](C(=O)N(C)C)CC[C@@H]3NC(=O)c3cc(=O)c4cc(Cl)ccc4[nH]3)sc2C1. The van der Waals surface area contributed by atoms with Gasteiger partial charge in [0.1, 0.15) is 5.69 Å². The number of carbonyl (C=O) groups is 3. The van der Waals surface area contributed by atoms with Crippen LogP contribution in [0.25, 0.3) is 10.9 Å². The number of hydrogen-bond donors (Lipinski definition) is 3. The second-order valence-corrected chi connectivity index (χ2v) is 12.0. The number of fused-ring (bicyclic) bond motifs is 2. The van der Waals surface area contributed by atoms with Crippen molar-refractivity contribution in [2.45, 2.75) is 44.3 Å². The molecule has 0 unspecified atom stereocenters. The molecule has 0 radical (unpaired) electrons. The summed E-state index contributed by atoms with van der Waals surface area (Å²) in [6.45, 7) is 1.66. The van der Waals surface area contributed by atoms with E-state index in [0.29, 0.717) is 40.2 Å². The minimum absolute atomic E-state index is 0.00991. The lowest BCUT2D eigenvalue weighted by atomic mass is 9.81. The van der Waals surface area contributed by atoms with Crippen LogP contribution in [-0.4, -0.2) is 77.3 Å². The number of pyridine rings is 1. The van der Waals surface area contributed by atoms with Crippen LogP contribution in [0.1, 0.15) is 50.1 Å². The zero-order chi connectivity index (χ0) is 27.8. The first-order valence-electron chi connectivity index (χ1n) is 12.9. The molecule has 0 saturated heterocycles. The number of amides is 3. The number of rotatable bonds is 5. The first-order valence-corrected chi connectivity index (χ1v) is 14.1. The molecule has 1 aliphatic carbocycles. The molecule has 206 valence electrons. The molecule has 39 heavy (non-hydrogen) atoms. The van der Waals surface area contributed by atoms with Gasteiger partial charge < -0.3 is 25.4 Å². The van der Waals surface area contributed by atoms with Crippen molar-refractivity contribution in [3.05, 3.63) is 60.8 Å². The summed E-state index contributed by atoms with van der Waals surface area (Å²) in [5, 5.41) is 7.26. The molecule has 1 saturated carbocycles. The van der Waals surface area contributed by atoms with Crippen molar-refractivity contribution in [2.24, 2.45) is 5.92 Å². The lowest BCUT2D eigenvalue weighted by Gasteiger charge is -2.37.